The molecule has 2 aliphatic rings. The lowest BCUT2D eigenvalue weighted by atomic mass is 9.91. The Labute approximate surface area is 61.4 Å². The third-order valence-electron chi connectivity index (χ3n) is 1.99. The van der Waals surface area contributed by atoms with Crippen molar-refractivity contribution in [2.24, 2.45) is 5.92 Å². The molecule has 1 heteroatoms. The number of allylic oxidation sites excluding steroid dienone is 2. The Balaban J connectivity index is 2.09. The van der Waals surface area contributed by atoms with Crippen LogP contribution in [0.2, 0.25) is 0 Å². The van der Waals surface area contributed by atoms with Crippen LogP contribution in [0, 0.1) is 12.5 Å². The molecule has 10 heavy (non-hydrogen) atoms. The molecule has 2 atom stereocenters. The largest absolute Gasteiger partial charge is 0.361 e. The summed E-state index contributed by atoms with van der Waals surface area (Å²) in [4.78, 5) is 0. The third kappa shape index (κ3) is 1.01. The van der Waals surface area contributed by atoms with Crippen molar-refractivity contribution in [2.75, 3.05) is 0 Å². The van der Waals surface area contributed by atoms with Crippen molar-refractivity contribution in [3.8, 4) is 0 Å². The Morgan fingerprint density at radius 3 is 3.10 bits per heavy atom. The van der Waals surface area contributed by atoms with Gasteiger partial charge in [-0.1, -0.05) is 24.3 Å². The summed E-state index contributed by atoms with van der Waals surface area (Å²) in [7, 11) is 0. The van der Waals surface area contributed by atoms with Gasteiger partial charge in [-0.05, 0) is 12.8 Å². The van der Waals surface area contributed by atoms with E-state index in [1.807, 2.05) is 6.08 Å². The van der Waals surface area contributed by atoms with E-state index < -0.39 is 0 Å². The van der Waals surface area contributed by atoms with Crippen LogP contribution in [0.5, 0.6) is 0 Å². The van der Waals surface area contributed by atoms with Gasteiger partial charge in [0.2, 0.25) is 0 Å². The molecular weight excluding hydrogens is 124 g/mol. The van der Waals surface area contributed by atoms with Gasteiger partial charge in [-0.2, -0.15) is 0 Å². The molecule has 52 valence electrons. The fourth-order valence-electron chi connectivity index (χ4n) is 1.40. The second-order valence-electron chi connectivity index (χ2n) is 2.70. The van der Waals surface area contributed by atoms with E-state index in [0.717, 1.165) is 6.42 Å². The monoisotopic (exact) mass is 134 g/mol. The SMILES string of the molecule is [C]1CCC2C=CC=CC2O1. The molecule has 0 bridgehead atoms. The molecule has 1 nitrogen and oxygen atoms in total. The maximum Gasteiger partial charge on any atom is 0.133 e. The summed E-state index contributed by atoms with van der Waals surface area (Å²) in [5, 5.41) is 0. The quantitative estimate of drug-likeness (QED) is 0.492. The summed E-state index contributed by atoms with van der Waals surface area (Å²) in [6, 6.07) is 0. The highest BCUT2D eigenvalue weighted by Crippen LogP contribution is 2.26. The molecule has 0 aromatic carbocycles. The lowest BCUT2D eigenvalue weighted by Crippen LogP contribution is -2.25. The van der Waals surface area contributed by atoms with Crippen molar-refractivity contribution < 1.29 is 4.74 Å². The molecule has 1 aliphatic heterocycles. The van der Waals surface area contributed by atoms with Gasteiger partial charge >= 0.3 is 0 Å². The van der Waals surface area contributed by atoms with Crippen LogP contribution in [0.1, 0.15) is 12.8 Å². The molecule has 1 saturated heterocycles. The smallest absolute Gasteiger partial charge is 0.133 e. The van der Waals surface area contributed by atoms with Crippen LogP contribution in [-0.4, -0.2) is 6.10 Å². The normalized spacial score (nSPS) is 37.6. The van der Waals surface area contributed by atoms with Crippen LogP contribution in [-0.2, 0) is 4.74 Å². The lowest BCUT2D eigenvalue weighted by Gasteiger charge is -2.27. The zero-order valence-corrected chi connectivity index (χ0v) is 5.79. The summed E-state index contributed by atoms with van der Waals surface area (Å²) in [6.45, 7) is 2.90. The number of fused-ring (bicyclic) bond motifs is 1. The topological polar surface area (TPSA) is 9.23 Å². The Hall–Kier alpha value is -0.560. The molecule has 0 amide bonds. The average molecular weight is 134 g/mol. The van der Waals surface area contributed by atoms with Crippen molar-refractivity contribution in [2.45, 2.75) is 18.9 Å². The highest BCUT2D eigenvalue weighted by atomic mass is 16.5. The van der Waals surface area contributed by atoms with Crippen LogP contribution < -0.4 is 0 Å². The van der Waals surface area contributed by atoms with Crippen LogP contribution in [0.15, 0.2) is 24.3 Å². The van der Waals surface area contributed by atoms with Crippen LogP contribution in [0.4, 0.5) is 0 Å². The predicted molar refractivity (Wildman–Crippen MR) is 39.1 cm³/mol. The molecule has 1 heterocycles. The van der Waals surface area contributed by atoms with E-state index in [4.69, 9.17) is 4.74 Å². The number of ether oxygens (including phenoxy) is 1. The molecule has 0 aromatic heterocycles. The Bertz CT molecular complexity index is 150. The van der Waals surface area contributed by atoms with Gasteiger partial charge in [0.05, 0.1) is 6.10 Å². The zero-order chi connectivity index (χ0) is 6.81. The zero-order valence-electron chi connectivity index (χ0n) is 5.79. The van der Waals surface area contributed by atoms with Crippen molar-refractivity contribution in [1.82, 2.24) is 0 Å². The first-order valence-electron chi connectivity index (χ1n) is 3.70. The lowest BCUT2D eigenvalue weighted by molar-refractivity contribution is 0.0671. The highest BCUT2D eigenvalue weighted by Gasteiger charge is 2.22. The molecule has 2 rings (SSSR count). The van der Waals surface area contributed by atoms with Gasteiger partial charge in [-0.3, -0.25) is 0 Å². The maximum absolute atomic E-state index is 5.29. The summed E-state index contributed by atoms with van der Waals surface area (Å²) < 4.78 is 5.29. The van der Waals surface area contributed by atoms with Crippen molar-refractivity contribution in [1.29, 1.82) is 0 Å². The van der Waals surface area contributed by atoms with Crippen molar-refractivity contribution in [3.63, 3.8) is 0 Å². The Morgan fingerprint density at radius 1 is 1.30 bits per heavy atom. The minimum Gasteiger partial charge on any atom is -0.361 e. The van der Waals surface area contributed by atoms with Gasteiger partial charge in [0, 0.05) is 5.92 Å². The fraction of sp³-hybridized carbons (Fsp3) is 0.444. The Morgan fingerprint density at radius 2 is 2.20 bits per heavy atom. The second-order valence-corrected chi connectivity index (χ2v) is 2.70. The number of rotatable bonds is 0. The molecule has 0 spiro atoms. The average Bonchev–Trinajstić information content (AvgIpc) is 2.05. The Kier molecular flexibility index (Phi) is 1.60. The molecule has 0 N–H and O–H groups in total. The van der Waals surface area contributed by atoms with Gasteiger partial charge in [0.15, 0.2) is 0 Å². The van der Waals surface area contributed by atoms with Crippen LogP contribution in [0.3, 0.4) is 0 Å². The summed E-state index contributed by atoms with van der Waals surface area (Å²) in [5.74, 6) is 0.603. The standard InChI is InChI=1S/C9H10O/c1-2-6-9-8(4-1)5-3-7-10-9/h1-2,4,6,8-9H,3,5H2. The first kappa shape index (κ1) is 6.17. The van der Waals surface area contributed by atoms with Crippen molar-refractivity contribution >= 4 is 0 Å². The molecule has 2 unspecified atom stereocenters. The van der Waals surface area contributed by atoms with Gasteiger partial charge < -0.3 is 4.74 Å². The van der Waals surface area contributed by atoms with E-state index in [2.05, 4.69) is 24.8 Å². The molecule has 0 aromatic rings. The maximum atomic E-state index is 5.29. The predicted octanol–water partition coefficient (Wildman–Crippen LogP) is 1.95. The van der Waals surface area contributed by atoms with E-state index in [-0.39, 0.29) is 6.10 Å². The van der Waals surface area contributed by atoms with Crippen molar-refractivity contribution in [3.05, 3.63) is 30.9 Å². The molecular formula is C9H10O. The fourth-order valence-corrected chi connectivity index (χ4v) is 1.40. The van der Waals surface area contributed by atoms with Gasteiger partial charge in [-0.15, -0.1) is 0 Å². The summed E-state index contributed by atoms with van der Waals surface area (Å²) >= 11 is 0. The van der Waals surface area contributed by atoms with E-state index in [1.54, 1.807) is 0 Å². The highest BCUT2D eigenvalue weighted by molar-refractivity contribution is 5.16. The number of hydrogen-bond donors (Lipinski definition) is 0. The first-order chi connectivity index (χ1) is 4.97. The van der Waals surface area contributed by atoms with E-state index in [9.17, 15) is 0 Å². The molecule has 0 saturated carbocycles. The molecule has 1 aliphatic carbocycles. The van der Waals surface area contributed by atoms with Crippen LogP contribution >= 0.6 is 0 Å². The third-order valence-corrected chi connectivity index (χ3v) is 1.99. The minimum atomic E-state index is 0.277. The number of hydrogen-bond acceptors (Lipinski definition) is 1. The summed E-state index contributed by atoms with van der Waals surface area (Å²) in [6.07, 6.45) is 10.9. The van der Waals surface area contributed by atoms with Gasteiger partial charge in [-0.25, -0.2) is 0 Å². The first-order valence-corrected chi connectivity index (χ1v) is 3.70. The molecule has 1 fully saturated rings. The van der Waals surface area contributed by atoms with E-state index in [0.29, 0.717) is 5.92 Å². The van der Waals surface area contributed by atoms with Crippen LogP contribution in [0.25, 0.3) is 0 Å². The summed E-state index contributed by atoms with van der Waals surface area (Å²) in [5.41, 5.74) is 0. The van der Waals surface area contributed by atoms with Gasteiger partial charge in [0.25, 0.3) is 0 Å². The van der Waals surface area contributed by atoms with E-state index >= 15 is 0 Å². The van der Waals surface area contributed by atoms with E-state index in [1.165, 1.54) is 6.42 Å². The second kappa shape index (κ2) is 2.59. The molecule has 2 radical (unpaired) electrons. The minimum absolute atomic E-state index is 0.277. The van der Waals surface area contributed by atoms with Gasteiger partial charge in [0.1, 0.15) is 6.61 Å².